The van der Waals surface area contributed by atoms with Gasteiger partial charge < -0.3 is 4.74 Å². The van der Waals surface area contributed by atoms with Gasteiger partial charge in [-0.25, -0.2) is 8.42 Å². The van der Waals surface area contributed by atoms with Gasteiger partial charge in [-0.3, -0.25) is 0 Å². The van der Waals surface area contributed by atoms with Gasteiger partial charge in [-0.1, -0.05) is 84.9 Å². The van der Waals surface area contributed by atoms with E-state index in [-0.39, 0.29) is 0 Å². The smallest absolute Gasteiger partial charge is 0.207 e. The molecule has 3 aromatic rings. The highest BCUT2D eigenvalue weighted by Gasteiger charge is 2.37. The van der Waals surface area contributed by atoms with Gasteiger partial charge in [0.15, 0.2) is 0 Å². The van der Waals surface area contributed by atoms with Crippen LogP contribution in [0.3, 0.4) is 0 Å². The fraction of sp³-hybridized carbons (Fsp3) is 0.120. The maximum atomic E-state index is 13.6. The first-order chi connectivity index (χ1) is 13.9. The minimum absolute atomic E-state index is 0.331. The predicted molar refractivity (Wildman–Crippen MR) is 118 cm³/mol. The van der Waals surface area contributed by atoms with E-state index in [1.54, 1.807) is 7.11 Å². The van der Waals surface area contributed by atoms with Crippen LogP contribution in [0.15, 0.2) is 97.1 Å². The highest BCUT2D eigenvalue weighted by atomic mass is 32.2. The summed E-state index contributed by atoms with van der Waals surface area (Å²) in [5.41, 5.74) is 1.78. The molecular formula is C25H22O3S. The highest BCUT2D eigenvalue weighted by Crippen LogP contribution is 2.44. The van der Waals surface area contributed by atoms with Crippen molar-refractivity contribution in [1.82, 2.24) is 0 Å². The maximum Gasteiger partial charge on any atom is 0.207 e. The SMILES string of the molecule is COc1ccc(C2(C)C=C(c3ccccc3)S(=O)(=O)C(c3ccccc3)=C2)cc1. The number of hydrogen-bond acceptors (Lipinski definition) is 3. The monoisotopic (exact) mass is 402 g/mol. The average molecular weight is 403 g/mol. The Morgan fingerprint density at radius 1 is 0.690 bits per heavy atom. The Labute approximate surface area is 171 Å². The van der Waals surface area contributed by atoms with Crippen LogP contribution in [0.1, 0.15) is 23.6 Å². The summed E-state index contributed by atoms with van der Waals surface area (Å²) in [7, 11) is -2.04. The third-order valence-electron chi connectivity index (χ3n) is 5.27. The molecule has 0 amide bonds. The molecule has 0 aromatic heterocycles. The van der Waals surface area contributed by atoms with E-state index in [0.717, 1.165) is 11.3 Å². The Morgan fingerprint density at radius 2 is 1.14 bits per heavy atom. The van der Waals surface area contributed by atoms with Crippen molar-refractivity contribution < 1.29 is 13.2 Å². The summed E-state index contributed by atoms with van der Waals surface area (Å²) < 4.78 is 32.4. The van der Waals surface area contributed by atoms with Crippen LogP contribution in [-0.2, 0) is 15.3 Å². The molecule has 3 nitrogen and oxygen atoms in total. The molecule has 0 saturated carbocycles. The minimum atomic E-state index is -3.66. The number of allylic oxidation sites excluding steroid dienone is 2. The van der Waals surface area contributed by atoms with Gasteiger partial charge in [0.05, 0.1) is 16.9 Å². The quantitative estimate of drug-likeness (QED) is 0.582. The van der Waals surface area contributed by atoms with Gasteiger partial charge in [-0.2, -0.15) is 0 Å². The van der Waals surface area contributed by atoms with E-state index in [1.165, 1.54) is 0 Å². The van der Waals surface area contributed by atoms with Crippen LogP contribution < -0.4 is 4.74 Å². The van der Waals surface area contributed by atoms with Gasteiger partial charge >= 0.3 is 0 Å². The van der Waals surface area contributed by atoms with Gasteiger partial charge in [0.1, 0.15) is 5.75 Å². The molecule has 0 spiro atoms. The zero-order chi connectivity index (χ0) is 20.5. The van der Waals surface area contributed by atoms with Crippen molar-refractivity contribution >= 4 is 19.6 Å². The largest absolute Gasteiger partial charge is 0.497 e. The van der Waals surface area contributed by atoms with E-state index >= 15 is 0 Å². The summed E-state index contributed by atoms with van der Waals surface area (Å²) in [6.07, 6.45) is 3.71. The summed E-state index contributed by atoms with van der Waals surface area (Å²) >= 11 is 0. The van der Waals surface area contributed by atoms with E-state index in [2.05, 4.69) is 0 Å². The zero-order valence-corrected chi connectivity index (χ0v) is 17.2. The molecular weight excluding hydrogens is 380 g/mol. The molecule has 3 aromatic carbocycles. The second-order valence-electron chi connectivity index (χ2n) is 7.26. The standard InChI is InChI=1S/C25H22O3S/c1-25(21-13-15-22(28-2)16-14-21)17-23(19-9-5-3-6-10-19)29(26,27)24(18-25)20-11-7-4-8-12-20/h3-18H,1-2H3. The average Bonchev–Trinajstić information content (AvgIpc) is 2.76. The number of ether oxygens (including phenoxy) is 1. The van der Waals surface area contributed by atoms with E-state index in [1.807, 2.05) is 104 Å². The molecule has 1 aliphatic heterocycles. The Bertz CT molecular complexity index is 1110. The zero-order valence-electron chi connectivity index (χ0n) is 16.4. The lowest BCUT2D eigenvalue weighted by Crippen LogP contribution is -2.24. The fourth-order valence-corrected chi connectivity index (χ4v) is 5.59. The first-order valence-electron chi connectivity index (χ1n) is 9.40. The van der Waals surface area contributed by atoms with Gasteiger partial charge in [0.2, 0.25) is 9.84 Å². The van der Waals surface area contributed by atoms with Crippen molar-refractivity contribution in [2.75, 3.05) is 7.11 Å². The molecule has 0 bridgehead atoms. The van der Waals surface area contributed by atoms with Crippen LogP contribution in [0.5, 0.6) is 5.75 Å². The molecule has 0 unspecified atom stereocenters. The van der Waals surface area contributed by atoms with Gasteiger partial charge in [0, 0.05) is 5.41 Å². The molecule has 0 saturated heterocycles. The normalized spacial score (nSPS) is 17.2. The van der Waals surface area contributed by atoms with Crippen molar-refractivity contribution in [2.45, 2.75) is 12.3 Å². The summed E-state index contributed by atoms with van der Waals surface area (Å²) in [4.78, 5) is 0.663. The second-order valence-corrected chi connectivity index (χ2v) is 9.15. The number of benzene rings is 3. The molecule has 1 heterocycles. The Hall–Kier alpha value is -3.11. The van der Waals surface area contributed by atoms with E-state index in [9.17, 15) is 8.42 Å². The van der Waals surface area contributed by atoms with Crippen LogP contribution in [0.2, 0.25) is 0 Å². The molecule has 1 aliphatic rings. The molecule has 0 atom stereocenters. The van der Waals surface area contributed by atoms with Crippen molar-refractivity contribution in [3.63, 3.8) is 0 Å². The predicted octanol–water partition coefficient (Wildman–Crippen LogP) is 5.46. The molecule has 29 heavy (non-hydrogen) atoms. The lowest BCUT2D eigenvalue weighted by atomic mass is 9.80. The third-order valence-corrected chi connectivity index (χ3v) is 7.13. The third kappa shape index (κ3) is 3.52. The van der Waals surface area contributed by atoms with E-state index in [4.69, 9.17) is 4.74 Å². The molecule has 4 rings (SSSR count). The number of rotatable bonds is 4. The summed E-state index contributed by atoms with van der Waals surface area (Å²) in [6, 6.07) is 26.3. The molecule has 0 aliphatic carbocycles. The fourth-order valence-electron chi connectivity index (χ4n) is 3.66. The summed E-state index contributed by atoms with van der Waals surface area (Å²) in [5.74, 6) is 0.764. The van der Waals surface area contributed by atoms with Crippen LogP contribution in [0.4, 0.5) is 0 Å². The lowest BCUT2D eigenvalue weighted by molar-refractivity contribution is 0.414. The van der Waals surface area contributed by atoms with Crippen molar-refractivity contribution in [1.29, 1.82) is 0 Å². The Balaban J connectivity index is 1.96. The van der Waals surface area contributed by atoms with Crippen LogP contribution in [0.25, 0.3) is 9.81 Å². The van der Waals surface area contributed by atoms with Crippen molar-refractivity contribution in [3.8, 4) is 5.75 Å². The topological polar surface area (TPSA) is 43.4 Å². The molecule has 0 fully saturated rings. The van der Waals surface area contributed by atoms with Crippen molar-refractivity contribution in [3.05, 3.63) is 114 Å². The first kappa shape index (κ1) is 19.2. The highest BCUT2D eigenvalue weighted by molar-refractivity contribution is 8.09. The lowest BCUT2D eigenvalue weighted by Gasteiger charge is -2.31. The molecule has 0 N–H and O–H groups in total. The number of sulfone groups is 1. The number of methoxy groups -OCH3 is 1. The summed E-state index contributed by atoms with van der Waals surface area (Å²) in [6.45, 7) is 2.04. The van der Waals surface area contributed by atoms with Crippen LogP contribution in [0, 0.1) is 0 Å². The number of hydrogen-bond donors (Lipinski definition) is 0. The van der Waals surface area contributed by atoms with Crippen LogP contribution in [-0.4, -0.2) is 15.5 Å². The molecule has 4 heteroatoms. The first-order valence-corrected chi connectivity index (χ1v) is 10.9. The van der Waals surface area contributed by atoms with Crippen LogP contribution >= 0.6 is 0 Å². The second kappa shape index (κ2) is 7.37. The Morgan fingerprint density at radius 3 is 1.55 bits per heavy atom. The Kier molecular flexibility index (Phi) is 4.89. The van der Waals surface area contributed by atoms with Gasteiger partial charge in [-0.05, 0) is 35.7 Å². The summed E-state index contributed by atoms with van der Waals surface area (Å²) in [5, 5.41) is 0. The maximum absolute atomic E-state index is 13.6. The van der Waals surface area contributed by atoms with E-state index < -0.39 is 15.3 Å². The van der Waals surface area contributed by atoms with Gasteiger partial charge in [-0.15, -0.1) is 0 Å². The molecule has 146 valence electrons. The minimum Gasteiger partial charge on any atom is -0.497 e. The van der Waals surface area contributed by atoms with Crippen molar-refractivity contribution in [2.24, 2.45) is 0 Å². The van der Waals surface area contributed by atoms with E-state index in [0.29, 0.717) is 20.9 Å². The molecule has 0 radical (unpaired) electrons. The van der Waals surface area contributed by atoms with Gasteiger partial charge in [0.25, 0.3) is 0 Å².